The Kier molecular flexibility index (Phi) is 4.68. The number of pyridine rings is 1. The number of H-pyrrole nitrogens is 1. The molecule has 3 aliphatic heterocycles. The van der Waals surface area contributed by atoms with Crippen LogP contribution in [0.25, 0.3) is 22.2 Å². The van der Waals surface area contributed by atoms with Crippen LogP contribution in [-0.4, -0.2) is 46.7 Å². The lowest BCUT2D eigenvalue weighted by atomic mass is 9.85. The van der Waals surface area contributed by atoms with Crippen molar-refractivity contribution < 1.29 is 9.53 Å². The molecule has 4 aliphatic rings. The molecular weight excluding hydrogens is 388 g/mol. The van der Waals surface area contributed by atoms with E-state index in [1.54, 1.807) is 0 Å². The van der Waals surface area contributed by atoms with E-state index in [-0.39, 0.29) is 18.2 Å². The summed E-state index contributed by atoms with van der Waals surface area (Å²) in [5.74, 6) is 0.530. The lowest BCUT2D eigenvalue weighted by Crippen LogP contribution is -2.52. The highest BCUT2D eigenvalue weighted by Gasteiger charge is 2.37. The van der Waals surface area contributed by atoms with Crippen LogP contribution in [0.2, 0.25) is 0 Å². The molecule has 2 N–H and O–H groups in total. The van der Waals surface area contributed by atoms with Crippen molar-refractivity contribution in [1.82, 2.24) is 20.2 Å². The molecule has 2 unspecified atom stereocenters. The second-order valence-electron chi connectivity index (χ2n) is 9.22. The largest absolute Gasteiger partial charge is 0.445 e. The van der Waals surface area contributed by atoms with Gasteiger partial charge in [-0.3, -0.25) is 4.90 Å². The summed E-state index contributed by atoms with van der Waals surface area (Å²) in [4.78, 5) is 22.8. The van der Waals surface area contributed by atoms with Gasteiger partial charge in [-0.2, -0.15) is 0 Å². The summed E-state index contributed by atoms with van der Waals surface area (Å²) in [6, 6.07) is 10.8. The zero-order chi connectivity index (χ0) is 20.8. The Labute approximate surface area is 182 Å². The maximum Gasteiger partial charge on any atom is 0.407 e. The topological polar surface area (TPSA) is 70.2 Å². The van der Waals surface area contributed by atoms with Crippen molar-refractivity contribution >= 4 is 17.1 Å². The summed E-state index contributed by atoms with van der Waals surface area (Å²) in [6.07, 6.45) is 8.98. The summed E-state index contributed by atoms with van der Waals surface area (Å²) in [7, 11) is 0. The lowest BCUT2D eigenvalue weighted by Gasteiger charge is -2.44. The Hall–Kier alpha value is -2.86. The number of ether oxygens (including phenoxy) is 1. The fraction of sp³-hybridized carbons (Fsp3) is 0.440. The van der Waals surface area contributed by atoms with Crippen LogP contribution in [0.1, 0.15) is 42.9 Å². The van der Waals surface area contributed by atoms with Crippen LogP contribution in [0, 0.1) is 5.92 Å². The summed E-state index contributed by atoms with van der Waals surface area (Å²) in [5, 5.41) is 4.28. The van der Waals surface area contributed by atoms with E-state index in [1.165, 1.54) is 16.7 Å². The Morgan fingerprint density at radius 3 is 2.87 bits per heavy atom. The van der Waals surface area contributed by atoms with E-state index in [4.69, 9.17) is 4.74 Å². The van der Waals surface area contributed by atoms with E-state index in [0.717, 1.165) is 68.3 Å². The average Bonchev–Trinajstić information content (AvgIpc) is 3.28. The number of carbonyl (C=O) groups excluding carboxylic acids is 1. The normalized spacial score (nSPS) is 27.1. The quantitative estimate of drug-likeness (QED) is 0.663. The van der Waals surface area contributed by atoms with Crippen LogP contribution >= 0.6 is 0 Å². The summed E-state index contributed by atoms with van der Waals surface area (Å²) in [6.45, 7) is 3.19. The number of rotatable bonds is 3. The highest BCUT2D eigenvalue weighted by atomic mass is 16.6. The molecule has 3 fully saturated rings. The second kappa shape index (κ2) is 7.68. The van der Waals surface area contributed by atoms with Gasteiger partial charge < -0.3 is 15.0 Å². The van der Waals surface area contributed by atoms with Gasteiger partial charge >= 0.3 is 6.09 Å². The monoisotopic (exact) mass is 416 g/mol. The lowest BCUT2D eigenvalue weighted by molar-refractivity contribution is -0.0340. The molecule has 6 heteroatoms. The molecule has 160 valence electrons. The maximum atomic E-state index is 12.7. The number of carbonyl (C=O) groups is 1. The summed E-state index contributed by atoms with van der Waals surface area (Å²) in [5.41, 5.74) is 5.73. The van der Waals surface area contributed by atoms with Crippen molar-refractivity contribution in [3.63, 3.8) is 0 Å². The standard InChI is InChI=1S/C25H28N4O2/c30-25(31-23-15-29-10-7-16(23)8-11-29)28-22-3-1-2-18-12-17(4-5-21(18)22)20-13-19-6-9-26-24(19)27-14-20/h4-6,9,12-14,16,22-23H,1-3,7-8,10-11,15H2,(H,26,27)(H,28,30). The third-order valence-corrected chi connectivity index (χ3v) is 7.34. The molecule has 0 saturated carbocycles. The fourth-order valence-electron chi connectivity index (χ4n) is 5.60. The molecule has 7 rings (SSSR count). The number of aromatic nitrogens is 2. The van der Waals surface area contributed by atoms with Crippen molar-refractivity contribution in [2.45, 2.75) is 44.2 Å². The number of amides is 1. The highest BCUT2D eigenvalue weighted by Crippen LogP contribution is 2.34. The van der Waals surface area contributed by atoms with E-state index in [0.29, 0.717) is 5.92 Å². The third kappa shape index (κ3) is 3.59. The first-order valence-electron chi connectivity index (χ1n) is 11.5. The molecule has 2 aromatic heterocycles. The maximum absolute atomic E-state index is 12.7. The van der Waals surface area contributed by atoms with Crippen molar-refractivity contribution in [3.8, 4) is 11.1 Å². The van der Waals surface area contributed by atoms with E-state index < -0.39 is 0 Å². The molecule has 1 amide bonds. The van der Waals surface area contributed by atoms with E-state index >= 15 is 0 Å². The predicted octanol–water partition coefficient (Wildman–Crippen LogP) is 4.43. The molecule has 2 bridgehead atoms. The molecule has 3 aromatic rings. The molecular formula is C25H28N4O2. The fourth-order valence-corrected chi connectivity index (χ4v) is 5.60. The van der Waals surface area contributed by atoms with Gasteiger partial charge in [0.1, 0.15) is 11.8 Å². The SMILES string of the molecule is O=C(NC1CCCc2cc(-c3cnc4[nH]ccc4c3)ccc21)OC1CN2CCC1CC2. The number of piperidine rings is 3. The number of aryl methyl sites for hydroxylation is 1. The number of fused-ring (bicyclic) bond motifs is 5. The van der Waals surface area contributed by atoms with Crippen LogP contribution in [0.5, 0.6) is 0 Å². The van der Waals surface area contributed by atoms with Crippen molar-refractivity contribution in [2.75, 3.05) is 19.6 Å². The Morgan fingerprint density at radius 1 is 1.13 bits per heavy atom. The summed E-state index contributed by atoms with van der Waals surface area (Å²) >= 11 is 0. The minimum absolute atomic E-state index is 0.0247. The smallest absolute Gasteiger partial charge is 0.407 e. The van der Waals surface area contributed by atoms with Gasteiger partial charge in [0.05, 0.1) is 6.04 Å². The molecule has 2 atom stereocenters. The van der Waals surface area contributed by atoms with Crippen LogP contribution in [0.4, 0.5) is 4.79 Å². The summed E-state index contributed by atoms with van der Waals surface area (Å²) < 4.78 is 5.87. The van der Waals surface area contributed by atoms with E-state index in [2.05, 4.69) is 44.5 Å². The van der Waals surface area contributed by atoms with Crippen LogP contribution < -0.4 is 5.32 Å². The van der Waals surface area contributed by atoms with Gasteiger partial charge in [0.25, 0.3) is 0 Å². The second-order valence-corrected chi connectivity index (χ2v) is 9.22. The van der Waals surface area contributed by atoms with Crippen molar-refractivity contribution in [1.29, 1.82) is 0 Å². The molecule has 3 saturated heterocycles. The first kappa shape index (κ1) is 18.9. The van der Waals surface area contributed by atoms with Crippen LogP contribution in [0.3, 0.4) is 0 Å². The number of aromatic amines is 1. The molecule has 5 heterocycles. The van der Waals surface area contributed by atoms with Crippen LogP contribution in [-0.2, 0) is 11.2 Å². The van der Waals surface area contributed by atoms with E-state index in [9.17, 15) is 4.79 Å². The molecule has 6 nitrogen and oxygen atoms in total. The number of nitrogens with one attached hydrogen (secondary N) is 2. The van der Waals surface area contributed by atoms with Gasteiger partial charge in [0, 0.05) is 29.9 Å². The zero-order valence-electron chi connectivity index (χ0n) is 17.6. The minimum Gasteiger partial charge on any atom is -0.445 e. The average molecular weight is 417 g/mol. The van der Waals surface area contributed by atoms with Gasteiger partial charge in [-0.05, 0) is 79.9 Å². The van der Waals surface area contributed by atoms with E-state index in [1.807, 2.05) is 18.5 Å². The number of benzene rings is 1. The van der Waals surface area contributed by atoms with Gasteiger partial charge in [0.15, 0.2) is 0 Å². The molecule has 1 aromatic carbocycles. The van der Waals surface area contributed by atoms with Gasteiger partial charge in [-0.25, -0.2) is 9.78 Å². The third-order valence-electron chi connectivity index (χ3n) is 7.34. The Balaban J connectivity index is 1.18. The first-order chi connectivity index (χ1) is 15.2. The molecule has 0 radical (unpaired) electrons. The number of hydrogen-bond acceptors (Lipinski definition) is 4. The Morgan fingerprint density at radius 2 is 2.03 bits per heavy atom. The first-order valence-corrected chi connectivity index (χ1v) is 11.5. The Bertz CT molecular complexity index is 1120. The van der Waals surface area contributed by atoms with Gasteiger partial charge in [-0.15, -0.1) is 0 Å². The van der Waals surface area contributed by atoms with Crippen molar-refractivity contribution in [3.05, 3.63) is 53.9 Å². The number of nitrogens with zero attached hydrogens (tertiary/aromatic N) is 2. The van der Waals surface area contributed by atoms with Gasteiger partial charge in [-0.1, -0.05) is 18.2 Å². The van der Waals surface area contributed by atoms with Crippen LogP contribution in [0.15, 0.2) is 42.7 Å². The van der Waals surface area contributed by atoms with Crippen molar-refractivity contribution in [2.24, 2.45) is 5.92 Å². The highest BCUT2D eigenvalue weighted by molar-refractivity contribution is 5.81. The molecule has 1 aliphatic carbocycles. The zero-order valence-corrected chi connectivity index (χ0v) is 17.6. The number of hydrogen-bond donors (Lipinski definition) is 2. The number of alkyl carbamates (subject to hydrolysis) is 1. The molecule has 31 heavy (non-hydrogen) atoms. The molecule has 0 spiro atoms. The predicted molar refractivity (Wildman–Crippen MR) is 120 cm³/mol. The van der Waals surface area contributed by atoms with Gasteiger partial charge in [0.2, 0.25) is 0 Å². The minimum atomic E-state index is -0.261.